The first-order valence-electron chi connectivity index (χ1n) is 9.48. The molecule has 0 atom stereocenters. The third kappa shape index (κ3) is 3.94. The molecule has 1 aliphatic rings. The van der Waals surface area contributed by atoms with E-state index in [0.717, 1.165) is 11.1 Å². The van der Waals surface area contributed by atoms with Crippen molar-refractivity contribution >= 4 is 45.0 Å². The Morgan fingerprint density at radius 3 is 2.52 bits per heavy atom. The zero-order valence-corrected chi connectivity index (χ0v) is 18.6. The summed E-state index contributed by atoms with van der Waals surface area (Å²) in [6, 6.07) is 13.7. The summed E-state index contributed by atoms with van der Waals surface area (Å²) in [7, 11) is 0. The average Bonchev–Trinajstić information content (AvgIpc) is 3.30. The predicted octanol–water partition coefficient (Wildman–Crippen LogP) is 6.04. The van der Waals surface area contributed by atoms with Crippen molar-refractivity contribution in [1.29, 1.82) is 0 Å². The van der Waals surface area contributed by atoms with Gasteiger partial charge in [-0.25, -0.2) is 0 Å². The van der Waals surface area contributed by atoms with Gasteiger partial charge in [-0.1, -0.05) is 6.07 Å². The molecule has 2 heterocycles. The van der Waals surface area contributed by atoms with E-state index in [4.69, 9.17) is 4.42 Å². The smallest absolute Gasteiger partial charge is 0.280 e. The highest BCUT2D eigenvalue weighted by molar-refractivity contribution is 9.10. The number of anilines is 1. The molecule has 1 aliphatic heterocycles. The van der Waals surface area contributed by atoms with Crippen LogP contribution in [0.4, 0.5) is 11.4 Å². The minimum atomic E-state index is -0.457. The maximum atomic E-state index is 13.0. The van der Waals surface area contributed by atoms with Crippen LogP contribution in [0, 0.1) is 24.0 Å². The van der Waals surface area contributed by atoms with E-state index in [-0.39, 0.29) is 11.6 Å². The number of benzene rings is 2. The molecule has 7 nitrogen and oxygen atoms in total. The zero-order valence-electron chi connectivity index (χ0n) is 17.0. The number of hydrogen-bond donors (Lipinski definition) is 0. The predicted molar refractivity (Wildman–Crippen MR) is 123 cm³/mol. The van der Waals surface area contributed by atoms with Crippen molar-refractivity contribution in [3.8, 4) is 11.3 Å². The monoisotopic (exact) mass is 479 g/mol. The molecule has 0 radical (unpaired) electrons. The van der Waals surface area contributed by atoms with Crippen LogP contribution in [0.3, 0.4) is 0 Å². The first-order valence-corrected chi connectivity index (χ1v) is 10.3. The number of carbonyl (C=O) groups excluding carboxylic acids is 1. The second kappa shape index (κ2) is 7.96. The van der Waals surface area contributed by atoms with Gasteiger partial charge in [-0.05, 0) is 84.2 Å². The van der Waals surface area contributed by atoms with Crippen molar-refractivity contribution in [2.75, 3.05) is 5.01 Å². The summed E-state index contributed by atoms with van der Waals surface area (Å²) in [6.45, 7) is 5.79. The summed E-state index contributed by atoms with van der Waals surface area (Å²) < 4.78 is 6.43. The number of hydrogen-bond acceptors (Lipinski definition) is 5. The van der Waals surface area contributed by atoms with Gasteiger partial charge in [-0.15, -0.1) is 0 Å². The van der Waals surface area contributed by atoms with Crippen LogP contribution in [-0.2, 0) is 4.79 Å². The molecule has 0 unspecified atom stereocenters. The molecule has 156 valence electrons. The van der Waals surface area contributed by atoms with Crippen molar-refractivity contribution < 1.29 is 14.1 Å². The lowest BCUT2D eigenvalue weighted by atomic mass is 10.1. The topological polar surface area (TPSA) is 89.0 Å². The Morgan fingerprint density at radius 1 is 1.06 bits per heavy atom. The summed E-state index contributed by atoms with van der Waals surface area (Å²) in [5, 5.41) is 16.7. The highest BCUT2D eigenvalue weighted by Crippen LogP contribution is 2.33. The second-order valence-electron chi connectivity index (χ2n) is 7.25. The average molecular weight is 480 g/mol. The zero-order chi connectivity index (χ0) is 22.3. The van der Waals surface area contributed by atoms with Gasteiger partial charge in [0.1, 0.15) is 11.5 Å². The van der Waals surface area contributed by atoms with Crippen LogP contribution in [0.25, 0.3) is 17.4 Å². The minimum absolute atomic E-state index is 0.0145. The molecular formula is C23H18BrN3O4. The first-order chi connectivity index (χ1) is 14.7. The van der Waals surface area contributed by atoms with E-state index in [2.05, 4.69) is 21.0 Å². The summed E-state index contributed by atoms with van der Waals surface area (Å²) >= 11 is 3.35. The lowest BCUT2D eigenvalue weighted by Crippen LogP contribution is -2.21. The van der Waals surface area contributed by atoms with Crippen LogP contribution >= 0.6 is 15.9 Å². The van der Waals surface area contributed by atoms with E-state index < -0.39 is 4.92 Å². The van der Waals surface area contributed by atoms with Crippen molar-refractivity contribution in [3.05, 3.63) is 85.6 Å². The van der Waals surface area contributed by atoms with E-state index >= 15 is 0 Å². The third-order valence-electron chi connectivity index (χ3n) is 5.14. The molecule has 4 rings (SSSR count). The Morgan fingerprint density at radius 2 is 1.84 bits per heavy atom. The molecule has 0 spiro atoms. The normalized spacial score (nSPS) is 15.0. The number of non-ortho nitro benzene ring substituents is 1. The highest BCUT2D eigenvalue weighted by atomic mass is 79.9. The number of aryl methyl sites for hydroxylation is 2. The second-order valence-corrected chi connectivity index (χ2v) is 8.11. The molecule has 0 N–H and O–H groups in total. The molecule has 8 heteroatoms. The number of hydrazone groups is 1. The summed E-state index contributed by atoms with van der Waals surface area (Å²) in [4.78, 5) is 23.5. The van der Waals surface area contributed by atoms with E-state index in [1.165, 1.54) is 17.1 Å². The molecule has 1 amide bonds. The van der Waals surface area contributed by atoms with E-state index in [1.807, 2.05) is 32.0 Å². The van der Waals surface area contributed by atoms with Gasteiger partial charge in [0.15, 0.2) is 0 Å². The van der Waals surface area contributed by atoms with E-state index in [1.54, 1.807) is 31.2 Å². The Balaban J connectivity index is 1.62. The third-order valence-corrected chi connectivity index (χ3v) is 5.80. The van der Waals surface area contributed by atoms with Gasteiger partial charge in [-0.2, -0.15) is 10.1 Å². The first kappa shape index (κ1) is 20.7. The lowest BCUT2D eigenvalue weighted by Gasteiger charge is -2.13. The molecule has 2 aromatic carbocycles. The number of furan rings is 1. The van der Waals surface area contributed by atoms with E-state index in [9.17, 15) is 14.9 Å². The number of halogens is 1. The van der Waals surface area contributed by atoms with Crippen molar-refractivity contribution in [3.63, 3.8) is 0 Å². The number of nitrogens with zero attached hydrogens (tertiary/aromatic N) is 3. The van der Waals surface area contributed by atoms with Gasteiger partial charge < -0.3 is 4.42 Å². The molecule has 1 aromatic heterocycles. The maximum Gasteiger partial charge on any atom is 0.280 e. The van der Waals surface area contributed by atoms with Gasteiger partial charge in [0.2, 0.25) is 0 Å². The fourth-order valence-electron chi connectivity index (χ4n) is 3.25. The van der Waals surface area contributed by atoms with Gasteiger partial charge in [0, 0.05) is 22.2 Å². The molecule has 0 saturated heterocycles. The molecular weight excluding hydrogens is 462 g/mol. The summed E-state index contributed by atoms with van der Waals surface area (Å²) in [5.41, 5.74) is 4.65. The quantitative estimate of drug-likeness (QED) is 0.259. The molecule has 0 fully saturated rings. The Hall–Kier alpha value is -3.52. The molecule has 3 aromatic rings. The van der Waals surface area contributed by atoms with Crippen LogP contribution in [0.15, 0.2) is 68.1 Å². The van der Waals surface area contributed by atoms with Crippen LogP contribution in [0.2, 0.25) is 0 Å². The van der Waals surface area contributed by atoms with Crippen LogP contribution < -0.4 is 5.01 Å². The standard InChI is InChI=1S/C23H18BrN3O4/c1-13-4-5-16(10-14(13)2)26-23(28)20(15(3)25-26)12-18-7-9-22(31-18)19-8-6-17(27(29)30)11-21(19)24/h4-12H,1-3H3. The molecule has 0 bridgehead atoms. The van der Waals surface area contributed by atoms with Gasteiger partial charge in [0.25, 0.3) is 11.6 Å². The van der Waals surface area contributed by atoms with Gasteiger partial charge in [-0.3, -0.25) is 14.9 Å². The minimum Gasteiger partial charge on any atom is -0.457 e. The Kier molecular flexibility index (Phi) is 5.32. The van der Waals surface area contributed by atoms with Crippen molar-refractivity contribution in [1.82, 2.24) is 0 Å². The van der Waals surface area contributed by atoms with Crippen LogP contribution in [0.1, 0.15) is 23.8 Å². The molecule has 0 aliphatic carbocycles. The Labute approximate surface area is 187 Å². The molecule has 31 heavy (non-hydrogen) atoms. The number of amides is 1. The van der Waals surface area contributed by atoms with Gasteiger partial charge >= 0.3 is 0 Å². The number of nitro benzene ring substituents is 1. The van der Waals surface area contributed by atoms with Crippen molar-refractivity contribution in [2.45, 2.75) is 20.8 Å². The van der Waals surface area contributed by atoms with Crippen LogP contribution in [0.5, 0.6) is 0 Å². The highest BCUT2D eigenvalue weighted by Gasteiger charge is 2.29. The SMILES string of the molecule is CC1=NN(c2ccc(C)c(C)c2)C(=O)C1=Cc1ccc(-c2ccc([N+](=O)[O-])cc2Br)o1. The number of rotatable bonds is 4. The fraction of sp³-hybridized carbons (Fsp3) is 0.130. The fourth-order valence-corrected chi connectivity index (χ4v) is 3.81. The summed E-state index contributed by atoms with van der Waals surface area (Å²) in [5.74, 6) is 0.787. The van der Waals surface area contributed by atoms with E-state index in [0.29, 0.717) is 38.5 Å². The number of nitro groups is 1. The maximum absolute atomic E-state index is 13.0. The van der Waals surface area contributed by atoms with Crippen LogP contribution in [-0.4, -0.2) is 16.5 Å². The number of carbonyl (C=O) groups is 1. The largest absolute Gasteiger partial charge is 0.457 e. The van der Waals surface area contributed by atoms with Crippen molar-refractivity contribution in [2.24, 2.45) is 5.10 Å². The molecule has 0 saturated carbocycles. The Bertz CT molecular complexity index is 1290. The summed E-state index contributed by atoms with van der Waals surface area (Å²) in [6.07, 6.45) is 1.66. The lowest BCUT2D eigenvalue weighted by molar-refractivity contribution is -0.384. The van der Waals surface area contributed by atoms with Gasteiger partial charge in [0.05, 0.1) is 21.9 Å².